The van der Waals surface area contributed by atoms with Crippen LogP contribution in [0.3, 0.4) is 0 Å². The molecule has 0 spiro atoms. The Kier molecular flexibility index (Phi) is 7.79. The van der Waals surface area contributed by atoms with E-state index >= 15 is 0 Å². The quantitative estimate of drug-likeness (QED) is 0.478. The normalized spacial score (nSPS) is 11.1. The first-order chi connectivity index (χ1) is 13.8. The Morgan fingerprint density at radius 1 is 0.897 bits per heavy atom. The molecule has 8 nitrogen and oxygen atoms in total. The number of carbonyl (C=O) groups is 2. The van der Waals surface area contributed by atoms with E-state index < -0.39 is 21.9 Å². The monoisotopic (exact) mass is 418 g/mol. The number of ether oxygens (including phenoxy) is 2. The van der Waals surface area contributed by atoms with E-state index in [0.29, 0.717) is 23.7 Å². The number of benzene rings is 2. The Bertz CT molecular complexity index is 967. The molecule has 0 aliphatic rings. The molecular weight excluding hydrogens is 396 g/mol. The average molecular weight is 418 g/mol. The van der Waals surface area contributed by atoms with Crippen LogP contribution in [0.5, 0.6) is 5.75 Å². The fourth-order valence-corrected chi connectivity index (χ4v) is 3.29. The number of hydrogen-bond donors (Lipinski definition) is 2. The summed E-state index contributed by atoms with van der Waals surface area (Å²) >= 11 is 0. The van der Waals surface area contributed by atoms with E-state index in [4.69, 9.17) is 4.74 Å². The van der Waals surface area contributed by atoms with Gasteiger partial charge in [0.2, 0.25) is 5.91 Å². The molecule has 2 aromatic carbocycles. The standard InChI is InChI=1S/C20H22N2O6S/c1-3-27-17-9-5-16(6-10-17)22-29(25,26)18-11-7-15(8-12-18)21-19(23)13-14-20(24)28-4-2/h5-14,22H,3-4H2,1-2H3,(H,21,23)/b14-13+. The van der Waals surface area contributed by atoms with Crippen LogP contribution < -0.4 is 14.8 Å². The van der Waals surface area contributed by atoms with E-state index in [1.807, 2.05) is 6.92 Å². The predicted octanol–water partition coefficient (Wildman–Crippen LogP) is 2.94. The fraction of sp³-hybridized carbons (Fsp3) is 0.200. The minimum Gasteiger partial charge on any atom is -0.494 e. The van der Waals surface area contributed by atoms with Crippen LogP contribution in [0.1, 0.15) is 13.8 Å². The highest BCUT2D eigenvalue weighted by Gasteiger charge is 2.14. The smallest absolute Gasteiger partial charge is 0.330 e. The maximum atomic E-state index is 12.5. The number of anilines is 2. The van der Waals surface area contributed by atoms with Crippen molar-refractivity contribution in [3.63, 3.8) is 0 Å². The molecule has 1 amide bonds. The lowest BCUT2D eigenvalue weighted by Gasteiger charge is -2.10. The third-order valence-corrected chi connectivity index (χ3v) is 4.90. The molecule has 0 saturated heterocycles. The van der Waals surface area contributed by atoms with E-state index in [1.54, 1.807) is 31.2 Å². The van der Waals surface area contributed by atoms with E-state index in [1.165, 1.54) is 24.3 Å². The Labute approximate surface area is 169 Å². The number of carbonyl (C=O) groups excluding carboxylic acids is 2. The highest BCUT2D eigenvalue weighted by Crippen LogP contribution is 2.20. The molecule has 0 radical (unpaired) electrons. The first-order valence-corrected chi connectivity index (χ1v) is 10.3. The lowest BCUT2D eigenvalue weighted by atomic mass is 10.3. The van der Waals surface area contributed by atoms with Gasteiger partial charge in [-0.25, -0.2) is 13.2 Å². The van der Waals surface area contributed by atoms with Gasteiger partial charge in [-0.1, -0.05) is 0 Å². The summed E-state index contributed by atoms with van der Waals surface area (Å²) in [4.78, 5) is 23.0. The zero-order chi connectivity index (χ0) is 21.3. The van der Waals surface area contributed by atoms with Crippen molar-refractivity contribution in [3.05, 3.63) is 60.7 Å². The molecule has 0 aliphatic heterocycles. The number of rotatable bonds is 9. The summed E-state index contributed by atoms with van der Waals surface area (Å²) in [6.07, 6.45) is 2.05. The lowest BCUT2D eigenvalue weighted by molar-refractivity contribution is -0.137. The topological polar surface area (TPSA) is 111 Å². The zero-order valence-corrected chi connectivity index (χ0v) is 16.9. The van der Waals surface area contributed by atoms with Crippen molar-refractivity contribution in [2.75, 3.05) is 23.3 Å². The fourth-order valence-electron chi connectivity index (χ4n) is 2.24. The van der Waals surface area contributed by atoms with Gasteiger partial charge in [-0.15, -0.1) is 0 Å². The van der Waals surface area contributed by atoms with Crippen LogP contribution in [0.25, 0.3) is 0 Å². The first-order valence-electron chi connectivity index (χ1n) is 8.85. The Balaban J connectivity index is 2.00. The van der Waals surface area contributed by atoms with Crippen LogP contribution >= 0.6 is 0 Å². The van der Waals surface area contributed by atoms with Crippen molar-refractivity contribution in [2.24, 2.45) is 0 Å². The van der Waals surface area contributed by atoms with E-state index in [0.717, 1.165) is 12.2 Å². The molecule has 0 heterocycles. The summed E-state index contributed by atoms with van der Waals surface area (Å²) in [5.74, 6) is -0.516. The molecule has 2 rings (SSSR count). The van der Waals surface area contributed by atoms with Crippen LogP contribution in [-0.4, -0.2) is 33.5 Å². The summed E-state index contributed by atoms with van der Waals surface area (Å²) in [5, 5.41) is 2.52. The van der Waals surface area contributed by atoms with Crippen molar-refractivity contribution >= 4 is 33.3 Å². The summed E-state index contributed by atoms with van der Waals surface area (Å²) in [7, 11) is -3.79. The van der Waals surface area contributed by atoms with Crippen molar-refractivity contribution < 1.29 is 27.5 Å². The number of amides is 1. The van der Waals surface area contributed by atoms with E-state index in [9.17, 15) is 18.0 Å². The van der Waals surface area contributed by atoms with Gasteiger partial charge in [-0.2, -0.15) is 0 Å². The molecule has 0 fully saturated rings. The highest BCUT2D eigenvalue weighted by molar-refractivity contribution is 7.92. The van der Waals surface area contributed by atoms with Gasteiger partial charge in [-0.3, -0.25) is 9.52 Å². The van der Waals surface area contributed by atoms with Gasteiger partial charge in [0.25, 0.3) is 10.0 Å². The van der Waals surface area contributed by atoms with Gasteiger partial charge in [0.15, 0.2) is 0 Å². The van der Waals surface area contributed by atoms with Crippen LogP contribution in [0.15, 0.2) is 65.6 Å². The minimum atomic E-state index is -3.79. The highest BCUT2D eigenvalue weighted by atomic mass is 32.2. The van der Waals surface area contributed by atoms with Crippen molar-refractivity contribution in [1.29, 1.82) is 0 Å². The van der Waals surface area contributed by atoms with Crippen molar-refractivity contribution in [2.45, 2.75) is 18.7 Å². The third-order valence-electron chi connectivity index (χ3n) is 3.51. The third kappa shape index (κ3) is 6.96. The Hall–Kier alpha value is -3.33. The van der Waals surface area contributed by atoms with Gasteiger partial charge in [0.1, 0.15) is 5.75 Å². The SMILES string of the molecule is CCOC(=O)/C=C/C(=O)Nc1ccc(S(=O)(=O)Nc2ccc(OCC)cc2)cc1. The second-order valence-electron chi connectivity index (χ2n) is 5.66. The number of nitrogens with one attached hydrogen (secondary N) is 2. The molecule has 154 valence electrons. The maximum absolute atomic E-state index is 12.5. The van der Waals surface area contributed by atoms with Gasteiger partial charge < -0.3 is 14.8 Å². The molecule has 9 heteroatoms. The molecular formula is C20H22N2O6S. The maximum Gasteiger partial charge on any atom is 0.330 e. The zero-order valence-electron chi connectivity index (χ0n) is 16.0. The molecule has 0 bridgehead atoms. The van der Waals surface area contributed by atoms with Crippen LogP contribution in [0, 0.1) is 0 Å². The largest absolute Gasteiger partial charge is 0.494 e. The summed E-state index contributed by atoms with van der Waals surface area (Å²) < 4.78 is 37.5. The molecule has 29 heavy (non-hydrogen) atoms. The van der Waals surface area contributed by atoms with Gasteiger partial charge in [0, 0.05) is 23.5 Å². The molecule has 0 unspecified atom stereocenters. The van der Waals surface area contributed by atoms with Crippen LogP contribution in [0.4, 0.5) is 11.4 Å². The number of hydrogen-bond acceptors (Lipinski definition) is 6. The van der Waals surface area contributed by atoms with Crippen LogP contribution in [0.2, 0.25) is 0 Å². The van der Waals surface area contributed by atoms with Crippen molar-refractivity contribution in [3.8, 4) is 5.75 Å². The summed E-state index contributed by atoms with van der Waals surface area (Å²) in [6.45, 7) is 4.25. The molecule has 0 aromatic heterocycles. The molecule has 2 N–H and O–H groups in total. The summed E-state index contributed by atoms with van der Waals surface area (Å²) in [5.41, 5.74) is 0.776. The first kappa shape index (κ1) is 22.0. The second-order valence-corrected chi connectivity index (χ2v) is 7.34. The molecule has 0 saturated carbocycles. The van der Waals surface area contributed by atoms with Gasteiger partial charge >= 0.3 is 5.97 Å². The molecule has 0 atom stereocenters. The van der Waals surface area contributed by atoms with Crippen molar-refractivity contribution in [1.82, 2.24) is 0 Å². The predicted molar refractivity (Wildman–Crippen MR) is 109 cm³/mol. The molecule has 0 aliphatic carbocycles. The number of esters is 1. The Morgan fingerprint density at radius 3 is 2.10 bits per heavy atom. The Morgan fingerprint density at radius 2 is 1.52 bits per heavy atom. The second kappa shape index (κ2) is 10.3. The van der Waals surface area contributed by atoms with Crippen LogP contribution in [-0.2, 0) is 24.3 Å². The van der Waals surface area contributed by atoms with Gasteiger partial charge in [0.05, 0.1) is 18.1 Å². The van der Waals surface area contributed by atoms with Gasteiger partial charge in [-0.05, 0) is 62.4 Å². The van der Waals surface area contributed by atoms with E-state index in [-0.39, 0.29) is 11.5 Å². The van der Waals surface area contributed by atoms with E-state index in [2.05, 4.69) is 14.8 Å². The lowest BCUT2D eigenvalue weighted by Crippen LogP contribution is -2.13. The average Bonchev–Trinajstić information content (AvgIpc) is 2.69. The minimum absolute atomic E-state index is 0.0337. The number of sulfonamides is 1. The molecule has 2 aromatic rings. The summed E-state index contributed by atoms with van der Waals surface area (Å²) in [6, 6.07) is 12.2.